The Morgan fingerprint density at radius 2 is 2.04 bits per heavy atom. The molecular weight excluding hydrogens is 314 g/mol. The van der Waals surface area contributed by atoms with E-state index in [0.717, 1.165) is 10.5 Å². The molecule has 0 saturated heterocycles. The zero-order chi connectivity index (χ0) is 16.6. The van der Waals surface area contributed by atoms with Crippen molar-refractivity contribution in [1.82, 2.24) is 15.5 Å². The molecule has 1 aromatic rings. The Balaban J connectivity index is 1.92. The number of aliphatic hydroxyl groups is 1. The Morgan fingerprint density at radius 3 is 2.65 bits per heavy atom. The van der Waals surface area contributed by atoms with E-state index < -0.39 is 12.1 Å². The SMILES string of the molecule is CSc1ccc([C@@H]2NC(=O)NC3=C2C(=O)N(C[C@H](C)O)C3)cc1. The lowest BCUT2D eigenvalue weighted by molar-refractivity contribution is -0.126. The van der Waals surface area contributed by atoms with E-state index >= 15 is 0 Å². The first-order chi connectivity index (χ1) is 11.0. The van der Waals surface area contributed by atoms with Gasteiger partial charge in [0.2, 0.25) is 0 Å². The second-order valence-corrected chi connectivity index (χ2v) is 6.61. The second-order valence-electron chi connectivity index (χ2n) is 5.73. The van der Waals surface area contributed by atoms with Crippen molar-refractivity contribution in [3.63, 3.8) is 0 Å². The summed E-state index contributed by atoms with van der Waals surface area (Å²) in [6, 6.07) is 7.04. The summed E-state index contributed by atoms with van der Waals surface area (Å²) in [5.74, 6) is -0.146. The number of hydrogen-bond acceptors (Lipinski definition) is 4. The number of benzene rings is 1. The molecule has 2 heterocycles. The van der Waals surface area contributed by atoms with Crippen LogP contribution in [-0.2, 0) is 4.79 Å². The van der Waals surface area contributed by atoms with Crippen molar-refractivity contribution >= 4 is 23.7 Å². The average Bonchev–Trinajstić information content (AvgIpc) is 2.82. The molecule has 3 rings (SSSR count). The fraction of sp³-hybridized carbons (Fsp3) is 0.375. The summed E-state index contributed by atoms with van der Waals surface area (Å²) in [6.07, 6.45) is 1.39. The lowest BCUT2D eigenvalue weighted by atomic mass is 9.96. The van der Waals surface area contributed by atoms with Crippen LogP contribution in [-0.4, -0.2) is 47.4 Å². The Labute approximate surface area is 138 Å². The normalized spacial score (nSPS) is 21.9. The highest BCUT2D eigenvalue weighted by atomic mass is 32.2. The van der Waals surface area contributed by atoms with E-state index in [2.05, 4.69) is 10.6 Å². The largest absolute Gasteiger partial charge is 0.392 e. The predicted octanol–water partition coefficient (Wildman–Crippen LogP) is 1.24. The zero-order valence-corrected chi connectivity index (χ0v) is 13.8. The minimum atomic E-state index is -0.608. The lowest BCUT2D eigenvalue weighted by Crippen LogP contribution is -2.44. The summed E-state index contributed by atoms with van der Waals surface area (Å²) in [6.45, 7) is 2.21. The maximum atomic E-state index is 12.7. The van der Waals surface area contributed by atoms with Gasteiger partial charge in [-0.25, -0.2) is 4.79 Å². The molecule has 122 valence electrons. The van der Waals surface area contributed by atoms with Crippen molar-refractivity contribution in [2.45, 2.75) is 24.0 Å². The number of nitrogens with zero attached hydrogens (tertiary/aromatic N) is 1. The Kier molecular flexibility index (Phi) is 4.32. The monoisotopic (exact) mass is 333 g/mol. The molecule has 3 amide bonds. The highest BCUT2D eigenvalue weighted by molar-refractivity contribution is 7.98. The van der Waals surface area contributed by atoms with Gasteiger partial charge in [0.1, 0.15) is 0 Å². The van der Waals surface area contributed by atoms with Gasteiger partial charge in [-0.1, -0.05) is 12.1 Å². The van der Waals surface area contributed by atoms with Crippen molar-refractivity contribution in [1.29, 1.82) is 0 Å². The topological polar surface area (TPSA) is 81.7 Å². The fourth-order valence-electron chi connectivity index (χ4n) is 2.94. The zero-order valence-electron chi connectivity index (χ0n) is 13.0. The van der Waals surface area contributed by atoms with E-state index in [4.69, 9.17) is 0 Å². The molecular formula is C16H19N3O3S. The van der Waals surface area contributed by atoms with E-state index in [0.29, 0.717) is 17.8 Å². The molecule has 0 aromatic heterocycles. The molecule has 0 unspecified atom stereocenters. The van der Waals surface area contributed by atoms with E-state index in [-0.39, 0.29) is 18.5 Å². The molecule has 2 aliphatic heterocycles. The van der Waals surface area contributed by atoms with Crippen LogP contribution in [0.3, 0.4) is 0 Å². The smallest absolute Gasteiger partial charge is 0.319 e. The van der Waals surface area contributed by atoms with E-state index in [1.165, 1.54) is 0 Å². The lowest BCUT2D eigenvalue weighted by Gasteiger charge is -2.25. The van der Waals surface area contributed by atoms with Gasteiger partial charge in [0.05, 0.1) is 30.0 Å². The molecule has 3 N–H and O–H groups in total. The quantitative estimate of drug-likeness (QED) is 0.724. The van der Waals surface area contributed by atoms with Crippen LogP contribution in [0.1, 0.15) is 18.5 Å². The number of urea groups is 1. The second kappa shape index (κ2) is 6.25. The highest BCUT2D eigenvalue weighted by Crippen LogP contribution is 2.33. The van der Waals surface area contributed by atoms with Gasteiger partial charge in [-0.05, 0) is 30.9 Å². The molecule has 0 aliphatic carbocycles. The minimum Gasteiger partial charge on any atom is -0.392 e. The third kappa shape index (κ3) is 3.07. The molecule has 7 heteroatoms. The fourth-order valence-corrected chi connectivity index (χ4v) is 3.35. The van der Waals surface area contributed by atoms with Gasteiger partial charge < -0.3 is 20.6 Å². The van der Waals surface area contributed by atoms with Crippen molar-refractivity contribution < 1.29 is 14.7 Å². The summed E-state index contributed by atoms with van der Waals surface area (Å²) in [7, 11) is 0. The number of amides is 3. The van der Waals surface area contributed by atoms with Crippen molar-refractivity contribution in [3.8, 4) is 0 Å². The molecule has 2 atom stereocenters. The van der Waals surface area contributed by atoms with Gasteiger partial charge in [0.15, 0.2) is 0 Å². The number of hydrogen-bond donors (Lipinski definition) is 3. The molecule has 0 fully saturated rings. The van der Waals surface area contributed by atoms with Gasteiger partial charge in [0.25, 0.3) is 5.91 Å². The van der Waals surface area contributed by atoms with Crippen LogP contribution in [0.15, 0.2) is 40.4 Å². The minimum absolute atomic E-state index is 0.146. The average molecular weight is 333 g/mol. The molecule has 2 aliphatic rings. The Morgan fingerprint density at radius 1 is 1.35 bits per heavy atom. The number of carbonyl (C=O) groups is 2. The van der Waals surface area contributed by atoms with Crippen LogP contribution in [0.2, 0.25) is 0 Å². The summed E-state index contributed by atoms with van der Waals surface area (Å²) >= 11 is 1.64. The number of rotatable bonds is 4. The Bertz CT molecular complexity index is 670. The van der Waals surface area contributed by atoms with Gasteiger partial charge >= 0.3 is 6.03 Å². The molecule has 6 nitrogen and oxygen atoms in total. The van der Waals surface area contributed by atoms with Crippen LogP contribution < -0.4 is 10.6 Å². The van der Waals surface area contributed by atoms with Gasteiger partial charge in [-0.2, -0.15) is 0 Å². The van der Waals surface area contributed by atoms with Gasteiger partial charge in [-0.15, -0.1) is 11.8 Å². The number of thioether (sulfide) groups is 1. The number of nitrogens with one attached hydrogen (secondary N) is 2. The summed E-state index contributed by atoms with van der Waals surface area (Å²) in [5.41, 5.74) is 2.05. The molecule has 0 saturated carbocycles. The third-order valence-electron chi connectivity index (χ3n) is 3.95. The summed E-state index contributed by atoms with van der Waals surface area (Å²) in [5, 5.41) is 15.1. The number of carbonyl (C=O) groups excluding carboxylic acids is 2. The summed E-state index contributed by atoms with van der Waals surface area (Å²) in [4.78, 5) is 27.2. The van der Waals surface area contributed by atoms with Crippen LogP contribution in [0, 0.1) is 0 Å². The van der Waals surface area contributed by atoms with Crippen LogP contribution in [0.5, 0.6) is 0 Å². The van der Waals surface area contributed by atoms with E-state index in [1.807, 2.05) is 30.5 Å². The molecule has 23 heavy (non-hydrogen) atoms. The first-order valence-electron chi connectivity index (χ1n) is 7.41. The maximum absolute atomic E-state index is 12.7. The Hall–Kier alpha value is -1.99. The molecule has 1 aromatic carbocycles. The van der Waals surface area contributed by atoms with Crippen LogP contribution in [0.4, 0.5) is 4.79 Å². The molecule has 0 bridgehead atoms. The number of aliphatic hydroxyl groups excluding tert-OH is 1. The van der Waals surface area contributed by atoms with Gasteiger partial charge in [-0.3, -0.25) is 4.79 Å². The van der Waals surface area contributed by atoms with Gasteiger partial charge in [0, 0.05) is 11.4 Å². The standard InChI is InChI=1S/C16H19N3O3S/c1-9(20)7-19-8-12-13(15(19)21)14(18-16(22)17-12)10-3-5-11(23-2)6-4-10/h3-6,9,14,20H,7-8H2,1-2H3,(H2,17,18,22)/t9-,14-/m0/s1. The predicted molar refractivity (Wildman–Crippen MR) is 87.9 cm³/mol. The van der Waals surface area contributed by atoms with Crippen LogP contribution in [0.25, 0.3) is 0 Å². The van der Waals surface area contributed by atoms with Crippen molar-refractivity contribution in [2.75, 3.05) is 19.3 Å². The number of β-amino-alcohol motifs (C(OH)–C–C–N with tert-alkyl or cyclic N) is 1. The van der Waals surface area contributed by atoms with Crippen molar-refractivity contribution in [3.05, 3.63) is 41.1 Å². The first-order valence-corrected chi connectivity index (χ1v) is 8.64. The maximum Gasteiger partial charge on any atom is 0.319 e. The highest BCUT2D eigenvalue weighted by Gasteiger charge is 2.40. The molecule has 0 radical (unpaired) electrons. The molecule has 0 spiro atoms. The van der Waals surface area contributed by atoms with Crippen molar-refractivity contribution in [2.24, 2.45) is 0 Å². The van der Waals surface area contributed by atoms with E-state index in [1.54, 1.807) is 23.6 Å². The first kappa shape index (κ1) is 15.9. The third-order valence-corrected chi connectivity index (χ3v) is 4.70. The van der Waals surface area contributed by atoms with E-state index in [9.17, 15) is 14.7 Å². The van der Waals surface area contributed by atoms with Crippen LogP contribution >= 0.6 is 11.8 Å². The summed E-state index contributed by atoms with van der Waals surface area (Å²) < 4.78 is 0.